The van der Waals surface area contributed by atoms with Gasteiger partial charge in [0.1, 0.15) is 0 Å². The molecule has 2 rings (SSSR count). The Labute approximate surface area is 114 Å². The van der Waals surface area contributed by atoms with Gasteiger partial charge in [0.05, 0.1) is 11.4 Å². The zero-order valence-electron chi connectivity index (χ0n) is 11.1. The number of nitrogens with zero attached hydrogens (tertiary/aromatic N) is 1. The second-order valence-electron chi connectivity index (χ2n) is 4.77. The highest BCUT2D eigenvalue weighted by molar-refractivity contribution is 7.12. The van der Waals surface area contributed by atoms with Gasteiger partial charge in [-0.3, -0.25) is 4.90 Å². The van der Waals surface area contributed by atoms with Crippen LogP contribution in [0, 0.1) is 11.8 Å². The Kier molecular flexibility index (Phi) is 5.25. The minimum absolute atomic E-state index is 0.441. The minimum atomic E-state index is 0.441. The molecule has 0 atom stereocenters. The van der Waals surface area contributed by atoms with Crippen molar-refractivity contribution in [3.8, 4) is 11.8 Å². The summed E-state index contributed by atoms with van der Waals surface area (Å²) in [5, 5.41) is 0. The molecule has 0 unspecified atom stereocenters. The number of thiophene rings is 1. The highest BCUT2D eigenvalue weighted by atomic mass is 32.1. The van der Waals surface area contributed by atoms with Gasteiger partial charge < -0.3 is 5.73 Å². The van der Waals surface area contributed by atoms with Gasteiger partial charge in [-0.05, 0) is 31.5 Å². The molecule has 0 amide bonds. The molecule has 2 N–H and O–H groups in total. The SMILES string of the molecule is CCN(Cc1ccc(C#CCN)s1)C1CCCC1. The van der Waals surface area contributed by atoms with Gasteiger partial charge in [0.2, 0.25) is 0 Å². The molecule has 2 nitrogen and oxygen atoms in total. The standard InChI is InChI=1S/C15H22N2S/c1-2-17(13-6-3-4-7-13)12-15-10-9-14(18-15)8-5-11-16/h9-10,13H,2-4,6-7,11-12,16H2,1H3. The van der Waals surface area contributed by atoms with Crippen LogP contribution in [0.1, 0.15) is 42.4 Å². The molecular formula is C15H22N2S. The highest BCUT2D eigenvalue weighted by Gasteiger charge is 2.21. The van der Waals surface area contributed by atoms with Crippen LogP contribution in [-0.4, -0.2) is 24.0 Å². The molecule has 0 radical (unpaired) electrons. The van der Waals surface area contributed by atoms with Gasteiger partial charge in [-0.25, -0.2) is 0 Å². The Balaban J connectivity index is 1.96. The maximum absolute atomic E-state index is 5.39. The summed E-state index contributed by atoms with van der Waals surface area (Å²) in [6, 6.07) is 5.13. The lowest BCUT2D eigenvalue weighted by molar-refractivity contribution is 0.202. The largest absolute Gasteiger partial charge is 0.320 e. The molecule has 0 aromatic carbocycles. The lowest BCUT2D eigenvalue weighted by Gasteiger charge is -2.26. The van der Waals surface area contributed by atoms with Gasteiger partial charge in [-0.2, -0.15) is 0 Å². The smallest absolute Gasteiger partial charge is 0.0772 e. The molecule has 1 heterocycles. The molecule has 0 saturated heterocycles. The summed E-state index contributed by atoms with van der Waals surface area (Å²) < 4.78 is 0. The molecule has 0 spiro atoms. The normalized spacial score (nSPS) is 15.9. The van der Waals surface area contributed by atoms with Gasteiger partial charge >= 0.3 is 0 Å². The lowest BCUT2D eigenvalue weighted by atomic mass is 10.2. The van der Waals surface area contributed by atoms with Gasteiger partial charge in [-0.1, -0.05) is 31.6 Å². The van der Waals surface area contributed by atoms with E-state index >= 15 is 0 Å². The molecule has 1 saturated carbocycles. The fourth-order valence-electron chi connectivity index (χ4n) is 2.64. The van der Waals surface area contributed by atoms with Crippen LogP contribution in [-0.2, 0) is 6.54 Å². The molecule has 0 aliphatic heterocycles. The summed E-state index contributed by atoms with van der Waals surface area (Å²) in [6.07, 6.45) is 5.55. The Bertz CT molecular complexity index is 421. The Morgan fingerprint density at radius 3 is 2.83 bits per heavy atom. The van der Waals surface area contributed by atoms with Gasteiger partial charge in [0.25, 0.3) is 0 Å². The molecule has 1 aliphatic rings. The first-order valence-electron chi connectivity index (χ1n) is 6.85. The predicted octanol–water partition coefficient (Wildman–Crippen LogP) is 2.82. The van der Waals surface area contributed by atoms with Crippen molar-refractivity contribution in [2.45, 2.75) is 45.2 Å². The molecule has 0 bridgehead atoms. The van der Waals surface area contributed by atoms with Crippen molar-refractivity contribution in [1.82, 2.24) is 4.90 Å². The van der Waals surface area contributed by atoms with E-state index in [-0.39, 0.29) is 0 Å². The number of nitrogens with two attached hydrogens (primary N) is 1. The maximum Gasteiger partial charge on any atom is 0.0772 e. The topological polar surface area (TPSA) is 29.3 Å². The van der Waals surface area contributed by atoms with E-state index in [1.54, 1.807) is 11.3 Å². The van der Waals surface area contributed by atoms with Crippen LogP contribution in [0.25, 0.3) is 0 Å². The summed E-state index contributed by atoms with van der Waals surface area (Å²) in [5.74, 6) is 6.03. The second-order valence-corrected chi connectivity index (χ2v) is 5.94. The summed E-state index contributed by atoms with van der Waals surface area (Å²) >= 11 is 1.80. The fraction of sp³-hybridized carbons (Fsp3) is 0.600. The third-order valence-corrected chi connectivity index (χ3v) is 4.57. The van der Waals surface area contributed by atoms with Crippen molar-refractivity contribution in [3.05, 3.63) is 21.9 Å². The molecule has 1 aliphatic carbocycles. The van der Waals surface area contributed by atoms with Crippen LogP contribution in [0.15, 0.2) is 12.1 Å². The van der Waals surface area contributed by atoms with Crippen LogP contribution in [0.4, 0.5) is 0 Å². The molecule has 18 heavy (non-hydrogen) atoms. The first kappa shape index (κ1) is 13.6. The van der Waals surface area contributed by atoms with Crippen molar-refractivity contribution in [2.24, 2.45) is 5.73 Å². The first-order chi connectivity index (χ1) is 8.83. The summed E-state index contributed by atoms with van der Waals surface area (Å²) in [5.41, 5.74) is 5.39. The van der Waals surface area contributed by atoms with E-state index in [2.05, 4.69) is 35.8 Å². The van der Waals surface area contributed by atoms with Crippen molar-refractivity contribution < 1.29 is 0 Å². The van der Waals surface area contributed by atoms with Crippen LogP contribution in [0.5, 0.6) is 0 Å². The van der Waals surface area contributed by atoms with Gasteiger partial charge in [-0.15, -0.1) is 11.3 Å². The monoisotopic (exact) mass is 262 g/mol. The average molecular weight is 262 g/mol. The van der Waals surface area contributed by atoms with E-state index in [4.69, 9.17) is 5.73 Å². The third kappa shape index (κ3) is 3.58. The number of hydrogen-bond donors (Lipinski definition) is 1. The summed E-state index contributed by atoms with van der Waals surface area (Å²) in [7, 11) is 0. The maximum atomic E-state index is 5.39. The van der Waals surface area contributed by atoms with Crippen molar-refractivity contribution in [3.63, 3.8) is 0 Å². The third-order valence-electron chi connectivity index (χ3n) is 3.58. The van der Waals surface area contributed by atoms with E-state index in [1.165, 1.54) is 30.6 Å². The van der Waals surface area contributed by atoms with Gasteiger partial charge in [0, 0.05) is 17.5 Å². The van der Waals surface area contributed by atoms with Crippen LogP contribution in [0.3, 0.4) is 0 Å². The zero-order chi connectivity index (χ0) is 12.8. The van der Waals surface area contributed by atoms with Crippen LogP contribution >= 0.6 is 11.3 Å². The Hall–Kier alpha value is -0.820. The van der Waals surface area contributed by atoms with E-state index in [0.29, 0.717) is 6.54 Å². The predicted molar refractivity (Wildman–Crippen MR) is 78.6 cm³/mol. The van der Waals surface area contributed by atoms with Gasteiger partial charge in [0.15, 0.2) is 0 Å². The molecule has 1 aromatic heterocycles. The quantitative estimate of drug-likeness (QED) is 0.846. The summed E-state index contributed by atoms with van der Waals surface area (Å²) in [4.78, 5) is 5.17. The van der Waals surface area contributed by atoms with Crippen molar-refractivity contribution >= 4 is 11.3 Å². The second kappa shape index (κ2) is 6.94. The average Bonchev–Trinajstić information content (AvgIpc) is 3.04. The summed E-state index contributed by atoms with van der Waals surface area (Å²) in [6.45, 7) is 4.93. The molecule has 98 valence electrons. The van der Waals surface area contributed by atoms with Crippen LogP contribution < -0.4 is 5.73 Å². The first-order valence-corrected chi connectivity index (χ1v) is 7.67. The van der Waals surface area contributed by atoms with Crippen molar-refractivity contribution in [2.75, 3.05) is 13.1 Å². The highest BCUT2D eigenvalue weighted by Crippen LogP contribution is 2.26. The number of rotatable bonds is 4. The van der Waals surface area contributed by atoms with E-state index in [1.807, 2.05) is 0 Å². The number of hydrogen-bond acceptors (Lipinski definition) is 3. The van der Waals surface area contributed by atoms with Crippen molar-refractivity contribution in [1.29, 1.82) is 0 Å². The molecule has 1 aromatic rings. The van der Waals surface area contributed by atoms with E-state index < -0.39 is 0 Å². The molecular weight excluding hydrogens is 240 g/mol. The van der Waals surface area contributed by atoms with E-state index in [9.17, 15) is 0 Å². The lowest BCUT2D eigenvalue weighted by Crippen LogP contribution is -2.32. The zero-order valence-corrected chi connectivity index (χ0v) is 11.9. The fourth-order valence-corrected chi connectivity index (χ4v) is 3.55. The minimum Gasteiger partial charge on any atom is -0.320 e. The van der Waals surface area contributed by atoms with Crippen LogP contribution in [0.2, 0.25) is 0 Å². The molecule has 3 heteroatoms. The molecule has 1 fully saturated rings. The van der Waals surface area contributed by atoms with E-state index in [0.717, 1.165) is 24.0 Å². The Morgan fingerprint density at radius 1 is 1.39 bits per heavy atom. The Morgan fingerprint density at radius 2 is 2.17 bits per heavy atom.